The molecule has 0 atom stereocenters. The number of hydrogen-bond acceptors (Lipinski definition) is 3. The minimum Gasteiger partial charge on any atom is -0.493 e. The van der Waals surface area contributed by atoms with Gasteiger partial charge in [0.1, 0.15) is 0 Å². The van der Waals surface area contributed by atoms with Crippen molar-refractivity contribution < 1.29 is 9.47 Å². The molecule has 1 N–H and O–H groups in total. The van der Waals surface area contributed by atoms with Crippen LogP contribution in [0.2, 0.25) is 0 Å². The number of ether oxygens (including phenoxy) is 2. The van der Waals surface area contributed by atoms with E-state index in [1.165, 1.54) is 11.1 Å². The number of likely N-dealkylation sites (N-methyl/N-ethyl adjacent to an activating group) is 1. The summed E-state index contributed by atoms with van der Waals surface area (Å²) in [4.78, 5) is 0. The molecular formula is C15H25NO2. The Labute approximate surface area is 110 Å². The van der Waals surface area contributed by atoms with E-state index in [9.17, 15) is 0 Å². The van der Waals surface area contributed by atoms with E-state index in [0.717, 1.165) is 24.5 Å². The van der Waals surface area contributed by atoms with Gasteiger partial charge in [0.2, 0.25) is 0 Å². The minimum atomic E-state index is 0.105. The van der Waals surface area contributed by atoms with Gasteiger partial charge in [-0.25, -0.2) is 0 Å². The molecule has 0 amide bonds. The third-order valence-corrected chi connectivity index (χ3v) is 3.07. The third-order valence-electron chi connectivity index (χ3n) is 3.07. The van der Waals surface area contributed by atoms with Crippen molar-refractivity contribution in [2.45, 2.75) is 32.6 Å². The Morgan fingerprint density at radius 1 is 1.11 bits per heavy atom. The summed E-state index contributed by atoms with van der Waals surface area (Å²) in [6.07, 6.45) is 0.931. The topological polar surface area (TPSA) is 30.5 Å². The number of rotatable bonds is 5. The molecule has 102 valence electrons. The van der Waals surface area contributed by atoms with Crippen molar-refractivity contribution in [3.8, 4) is 11.5 Å². The van der Waals surface area contributed by atoms with Crippen LogP contribution in [0.15, 0.2) is 12.1 Å². The summed E-state index contributed by atoms with van der Waals surface area (Å²) < 4.78 is 10.9. The summed E-state index contributed by atoms with van der Waals surface area (Å²) in [6.45, 7) is 7.54. The molecule has 0 spiro atoms. The van der Waals surface area contributed by atoms with E-state index >= 15 is 0 Å². The second kappa shape index (κ2) is 6.10. The van der Waals surface area contributed by atoms with Crippen LogP contribution in [0.3, 0.4) is 0 Å². The lowest BCUT2D eigenvalue weighted by atomic mass is 9.85. The fourth-order valence-corrected chi connectivity index (χ4v) is 1.92. The van der Waals surface area contributed by atoms with Crippen molar-refractivity contribution in [3.63, 3.8) is 0 Å². The van der Waals surface area contributed by atoms with Crippen LogP contribution >= 0.6 is 0 Å². The molecule has 0 unspecified atom stereocenters. The Balaban J connectivity index is 3.26. The van der Waals surface area contributed by atoms with E-state index < -0.39 is 0 Å². The molecule has 0 aliphatic rings. The average molecular weight is 251 g/mol. The predicted molar refractivity (Wildman–Crippen MR) is 75.9 cm³/mol. The smallest absolute Gasteiger partial charge is 0.163 e. The fourth-order valence-electron chi connectivity index (χ4n) is 1.92. The van der Waals surface area contributed by atoms with Crippen molar-refractivity contribution in [2.24, 2.45) is 0 Å². The Morgan fingerprint density at radius 2 is 1.78 bits per heavy atom. The molecule has 18 heavy (non-hydrogen) atoms. The van der Waals surface area contributed by atoms with Gasteiger partial charge in [-0.05, 0) is 42.6 Å². The maximum absolute atomic E-state index is 5.48. The van der Waals surface area contributed by atoms with Crippen LogP contribution in [0.25, 0.3) is 0 Å². The first-order valence-corrected chi connectivity index (χ1v) is 6.34. The molecular weight excluding hydrogens is 226 g/mol. The molecule has 0 aromatic heterocycles. The maximum atomic E-state index is 5.48. The van der Waals surface area contributed by atoms with E-state index in [1.807, 2.05) is 7.05 Å². The number of benzene rings is 1. The van der Waals surface area contributed by atoms with Crippen LogP contribution in [-0.4, -0.2) is 27.8 Å². The Morgan fingerprint density at radius 3 is 2.22 bits per heavy atom. The van der Waals surface area contributed by atoms with Gasteiger partial charge in [-0.1, -0.05) is 26.8 Å². The molecule has 0 saturated carbocycles. The van der Waals surface area contributed by atoms with Crippen LogP contribution in [0, 0.1) is 0 Å². The highest BCUT2D eigenvalue weighted by molar-refractivity contribution is 5.51. The van der Waals surface area contributed by atoms with Gasteiger partial charge in [-0.2, -0.15) is 0 Å². The van der Waals surface area contributed by atoms with Crippen LogP contribution in [0.1, 0.15) is 31.9 Å². The first kappa shape index (κ1) is 14.8. The van der Waals surface area contributed by atoms with E-state index in [-0.39, 0.29) is 5.41 Å². The summed E-state index contributed by atoms with van der Waals surface area (Å²) in [7, 11) is 5.33. The van der Waals surface area contributed by atoms with E-state index in [1.54, 1.807) is 14.2 Å². The van der Waals surface area contributed by atoms with Crippen LogP contribution in [0.4, 0.5) is 0 Å². The second-order valence-electron chi connectivity index (χ2n) is 5.47. The largest absolute Gasteiger partial charge is 0.493 e. The Bertz CT molecular complexity index is 394. The zero-order valence-electron chi connectivity index (χ0n) is 12.4. The van der Waals surface area contributed by atoms with Gasteiger partial charge in [0.25, 0.3) is 0 Å². The van der Waals surface area contributed by atoms with Gasteiger partial charge in [-0.15, -0.1) is 0 Å². The molecule has 1 rings (SSSR count). The highest BCUT2D eigenvalue weighted by atomic mass is 16.5. The van der Waals surface area contributed by atoms with Gasteiger partial charge < -0.3 is 14.8 Å². The first-order valence-electron chi connectivity index (χ1n) is 6.34. The van der Waals surface area contributed by atoms with Crippen molar-refractivity contribution in [1.29, 1.82) is 0 Å². The number of methoxy groups -OCH3 is 2. The monoisotopic (exact) mass is 251 g/mol. The van der Waals surface area contributed by atoms with E-state index in [2.05, 4.69) is 38.2 Å². The molecule has 1 aromatic carbocycles. The molecule has 3 nitrogen and oxygen atoms in total. The highest BCUT2D eigenvalue weighted by Crippen LogP contribution is 2.36. The molecule has 0 aliphatic heterocycles. The zero-order valence-corrected chi connectivity index (χ0v) is 12.4. The van der Waals surface area contributed by atoms with Crippen LogP contribution < -0.4 is 14.8 Å². The summed E-state index contributed by atoms with van der Waals surface area (Å²) >= 11 is 0. The zero-order chi connectivity index (χ0) is 13.8. The molecule has 0 saturated heterocycles. The lowest BCUT2D eigenvalue weighted by molar-refractivity contribution is 0.350. The molecule has 1 aromatic rings. The second-order valence-corrected chi connectivity index (χ2v) is 5.47. The van der Waals surface area contributed by atoms with Gasteiger partial charge in [0.15, 0.2) is 11.5 Å². The highest BCUT2D eigenvalue weighted by Gasteiger charge is 2.19. The predicted octanol–water partition coefficient (Wildman–Crippen LogP) is 2.76. The Kier molecular flexibility index (Phi) is 5.03. The standard InChI is InChI=1S/C15H25NO2/c1-15(2,3)12-9-11(7-8-16-4)14(18-6)13(10-12)17-5/h9-10,16H,7-8H2,1-6H3. The lowest BCUT2D eigenvalue weighted by Gasteiger charge is -2.23. The molecule has 3 heteroatoms. The number of hydrogen-bond donors (Lipinski definition) is 1. The molecule has 0 bridgehead atoms. The van der Waals surface area contributed by atoms with Gasteiger partial charge in [0.05, 0.1) is 14.2 Å². The summed E-state index contributed by atoms with van der Waals surface area (Å²) in [5.41, 5.74) is 2.57. The van der Waals surface area contributed by atoms with Gasteiger partial charge in [-0.3, -0.25) is 0 Å². The Hall–Kier alpha value is -1.22. The van der Waals surface area contributed by atoms with E-state index in [0.29, 0.717) is 0 Å². The minimum absolute atomic E-state index is 0.105. The molecule has 0 fully saturated rings. The summed E-state index contributed by atoms with van der Waals surface area (Å²) in [5, 5.41) is 3.17. The number of nitrogens with one attached hydrogen (secondary N) is 1. The van der Waals surface area contributed by atoms with Crippen LogP contribution in [-0.2, 0) is 11.8 Å². The summed E-state index contributed by atoms with van der Waals surface area (Å²) in [5.74, 6) is 1.66. The normalized spacial score (nSPS) is 11.4. The quantitative estimate of drug-likeness (QED) is 0.873. The van der Waals surface area contributed by atoms with Crippen molar-refractivity contribution >= 4 is 0 Å². The average Bonchev–Trinajstić information content (AvgIpc) is 2.33. The maximum Gasteiger partial charge on any atom is 0.163 e. The fraction of sp³-hybridized carbons (Fsp3) is 0.600. The molecule has 0 radical (unpaired) electrons. The molecule has 0 heterocycles. The SMILES string of the molecule is CNCCc1cc(C(C)(C)C)cc(OC)c1OC. The van der Waals surface area contributed by atoms with Crippen molar-refractivity contribution in [1.82, 2.24) is 5.32 Å². The van der Waals surface area contributed by atoms with Crippen molar-refractivity contribution in [2.75, 3.05) is 27.8 Å². The van der Waals surface area contributed by atoms with E-state index in [4.69, 9.17) is 9.47 Å². The van der Waals surface area contributed by atoms with Crippen molar-refractivity contribution in [3.05, 3.63) is 23.3 Å². The van der Waals surface area contributed by atoms with Crippen LogP contribution in [0.5, 0.6) is 11.5 Å². The summed E-state index contributed by atoms with van der Waals surface area (Å²) in [6, 6.07) is 4.29. The lowest BCUT2D eigenvalue weighted by Crippen LogP contribution is -2.15. The van der Waals surface area contributed by atoms with Gasteiger partial charge in [0, 0.05) is 0 Å². The third kappa shape index (κ3) is 3.39. The first-order chi connectivity index (χ1) is 8.43. The molecule has 0 aliphatic carbocycles. The van der Waals surface area contributed by atoms with Gasteiger partial charge >= 0.3 is 0 Å².